The normalized spacial score (nSPS) is 18.1. The lowest BCUT2D eigenvalue weighted by Crippen LogP contribution is -2.16. The lowest BCUT2D eigenvalue weighted by Gasteiger charge is -2.09. The molecule has 1 heterocycles. The highest BCUT2D eigenvalue weighted by molar-refractivity contribution is 7.81. The van der Waals surface area contributed by atoms with E-state index in [2.05, 4.69) is 15.6 Å². The van der Waals surface area contributed by atoms with E-state index in [1.54, 1.807) is 19.5 Å². The highest BCUT2D eigenvalue weighted by Gasteiger charge is 1.95. The van der Waals surface area contributed by atoms with Crippen LogP contribution in [0.2, 0.25) is 0 Å². The lowest BCUT2D eigenvalue weighted by molar-refractivity contribution is 0.983. The number of dihydropyridines is 1. The number of rotatable bonds is 2. The second kappa shape index (κ2) is 5.34. The molecule has 0 fully saturated rings. The number of hydrogen-bond acceptors (Lipinski definition) is 3. The van der Waals surface area contributed by atoms with Gasteiger partial charge in [-0.25, -0.2) is 0 Å². The highest BCUT2D eigenvalue weighted by Crippen LogP contribution is 2.03. The molecule has 0 saturated heterocycles. The fourth-order valence-electron chi connectivity index (χ4n) is 0.932. The summed E-state index contributed by atoms with van der Waals surface area (Å²) in [6, 6.07) is 0. The van der Waals surface area contributed by atoms with Crippen LogP contribution in [0.25, 0.3) is 0 Å². The van der Waals surface area contributed by atoms with Gasteiger partial charge >= 0.3 is 0 Å². The summed E-state index contributed by atoms with van der Waals surface area (Å²) in [7, 11) is 1.77. The van der Waals surface area contributed by atoms with E-state index in [9.17, 15) is 0 Å². The minimum atomic E-state index is 0.619. The van der Waals surface area contributed by atoms with Crippen molar-refractivity contribution in [3.8, 4) is 0 Å². The van der Waals surface area contributed by atoms with Crippen LogP contribution in [-0.2, 0) is 0 Å². The van der Waals surface area contributed by atoms with Crippen molar-refractivity contribution in [2.24, 2.45) is 4.99 Å². The summed E-state index contributed by atoms with van der Waals surface area (Å²) in [6.45, 7) is 2.00. The maximum atomic E-state index is 4.91. The van der Waals surface area contributed by atoms with Crippen LogP contribution in [0.5, 0.6) is 0 Å². The van der Waals surface area contributed by atoms with Gasteiger partial charge in [0.1, 0.15) is 4.99 Å². The Morgan fingerprint density at radius 3 is 3.07 bits per heavy atom. The first-order chi connectivity index (χ1) is 6.72. The average Bonchev–Trinajstić information content (AvgIpc) is 2.17. The lowest BCUT2D eigenvalue weighted by atomic mass is 10.2. The summed E-state index contributed by atoms with van der Waals surface area (Å²) in [5, 5.41) is 5.98. The molecule has 1 aliphatic rings. The molecule has 1 aliphatic heterocycles. The molecule has 0 unspecified atom stereocenters. The Balaban J connectivity index is 2.55. The van der Waals surface area contributed by atoms with Crippen molar-refractivity contribution in [2.45, 2.75) is 6.92 Å². The van der Waals surface area contributed by atoms with Crippen LogP contribution >= 0.6 is 12.2 Å². The third-order valence-corrected chi connectivity index (χ3v) is 1.92. The molecular weight excluding hydrogens is 194 g/mol. The predicted octanol–water partition coefficient (Wildman–Crippen LogP) is 1.51. The molecule has 74 valence electrons. The van der Waals surface area contributed by atoms with Crippen LogP contribution in [0, 0.1) is 0 Å². The Labute approximate surface area is 89.3 Å². The Morgan fingerprint density at radius 2 is 2.43 bits per heavy atom. The van der Waals surface area contributed by atoms with Gasteiger partial charge in [-0.2, -0.15) is 0 Å². The van der Waals surface area contributed by atoms with E-state index in [1.807, 2.05) is 25.2 Å². The molecule has 1 rings (SSSR count). The van der Waals surface area contributed by atoms with Crippen LogP contribution in [-0.4, -0.2) is 18.3 Å². The molecule has 0 aromatic rings. The van der Waals surface area contributed by atoms with E-state index in [0.717, 1.165) is 11.4 Å². The third kappa shape index (κ3) is 3.53. The monoisotopic (exact) mass is 207 g/mol. The molecule has 0 aromatic carbocycles. The van der Waals surface area contributed by atoms with Gasteiger partial charge in [-0.05, 0) is 19.1 Å². The molecule has 0 saturated carbocycles. The van der Waals surface area contributed by atoms with Gasteiger partial charge in [-0.1, -0.05) is 18.3 Å². The third-order valence-electron chi connectivity index (χ3n) is 1.62. The van der Waals surface area contributed by atoms with Crippen LogP contribution in [0.15, 0.2) is 40.8 Å². The fourth-order valence-corrected chi connectivity index (χ4v) is 0.993. The molecule has 14 heavy (non-hydrogen) atoms. The molecule has 0 aromatic heterocycles. The van der Waals surface area contributed by atoms with Gasteiger partial charge in [0.2, 0.25) is 0 Å². The maximum absolute atomic E-state index is 4.91. The van der Waals surface area contributed by atoms with Crippen molar-refractivity contribution in [3.05, 3.63) is 35.8 Å². The van der Waals surface area contributed by atoms with Gasteiger partial charge in [0.15, 0.2) is 0 Å². The molecule has 0 spiro atoms. The first kappa shape index (κ1) is 10.7. The second-order valence-electron chi connectivity index (χ2n) is 2.81. The largest absolute Gasteiger partial charge is 0.378 e. The first-order valence-corrected chi connectivity index (χ1v) is 4.70. The number of nitrogens with one attached hydrogen (secondary N) is 2. The van der Waals surface area contributed by atoms with E-state index in [1.165, 1.54) is 0 Å². The Kier molecular flexibility index (Phi) is 4.07. The second-order valence-corrected chi connectivity index (χ2v) is 3.25. The van der Waals surface area contributed by atoms with Crippen LogP contribution < -0.4 is 10.6 Å². The molecule has 2 N–H and O–H groups in total. The number of allylic oxidation sites excluding steroid dienone is 4. The van der Waals surface area contributed by atoms with Gasteiger partial charge < -0.3 is 10.6 Å². The maximum Gasteiger partial charge on any atom is 0.117 e. The molecule has 4 heteroatoms. The van der Waals surface area contributed by atoms with E-state index < -0.39 is 0 Å². The molecule has 0 radical (unpaired) electrons. The van der Waals surface area contributed by atoms with Crippen molar-refractivity contribution in [1.29, 1.82) is 0 Å². The average molecular weight is 207 g/mol. The van der Waals surface area contributed by atoms with E-state index >= 15 is 0 Å². The molecule has 0 bridgehead atoms. The van der Waals surface area contributed by atoms with Crippen LogP contribution in [0.1, 0.15) is 6.92 Å². The van der Waals surface area contributed by atoms with Gasteiger partial charge in [-0.3, -0.25) is 4.99 Å². The predicted molar refractivity (Wildman–Crippen MR) is 64.3 cm³/mol. The van der Waals surface area contributed by atoms with E-state index in [4.69, 9.17) is 12.2 Å². The van der Waals surface area contributed by atoms with Crippen molar-refractivity contribution < 1.29 is 0 Å². The minimum Gasteiger partial charge on any atom is -0.378 e. The van der Waals surface area contributed by atoms with Crippen molar-refractivity contribution in [1.82, 2.24) is 10.6 Å². The molecule has 3 nitrogen and oxygen atoms in total. The summed E-state index contributed by atoms with van der Waals surface area (Å²) in [5.74, 6) is 0. The van der Waals surface area contributed by atoms with Crippen molar-refractivity contribution >= 4 is 23.4 Å². The molecule has 0 amide bonds. The number of thiocarbonyl (C=S) groups is 1. The number of hydrogen-bond donors (Lipinski definition) is 2. The van der Waals surface area contributed by atoms with Gasteiger partial charge in [0.25, 0.3) is 0 Å². The van der Waals surface area contributed by atoms with E-state index in [0.29, 0.717) is 4.99 Å². The zero-order chi connectivity index (χ0) is 10.4. The zero-order valence-corrected chi connectivity index (χ0v) is 9.06. The van der Waals surface area contributed by atoms with Gasteiger partial charge in [0.05, 0.1) is 18.1 Å². The molecular formula is C10H13N3S. The van der Waals surface area contributed by atoms with Gasteiger partial charge in [0, 0.05) is 12.7 Å². The highest BCUT2D eigenvalue weighted by atomic mass is 32.1. The van der Waals surface area contributed by atoms with Crippen molar-refractivity contribution in [3.63, 3.8) is 0 Å². The molecule has 0 aliphatic carbocycles. The van der Waals surface area contributed by atoms with Gasteiger partial charge in [-0.15, -0.1) is 0 Å². The smallest absolute Gasteiger partial charge is 0.117 e. The number of aliphatic imine (C=N–C) groups is 1. The fraction of sp³-hybridized carbons (Fsp3) is 0.200. The standard InChI is InChI=1S/C10H13N3S/c1-8-4-3-5-9(13-8)6-12-7-10(14)11-2/h3-7,13H,1-2H3,(H,11,14)/b9-6-,12-7?. The Hall–Kier alpha value is -1.42. The summed E-state index contributed by atoms with van der Waals surface area (Å²) >= 11 is 4.91. The summed E-state index contributed by atoms with van der Waals surface area (Å²) in [5.41, 5.74) is 2.06. The quantitative estimate of drug-likeness (QED) is 0.532. The van der Waals surface area contributed by atoms with E-state index in [-0.39, 0.29) is 0 Å². The van der Waals surface area contributed by atoms with Crippen LogP contribution in [0.4, 0.5) is 0 Å². The topological polar surface area (TPSA) is 36.4 Å². The minimum absolute atomic E-state index is 0.619. The number of nitrogens with zero attached hydrogens (tertiary/aromatic N) is 1. The first-order valence-electron chi connectivity index (χ1n) is 4.29. The summed E-state index contributed by atoms with van der Waals surface area (Å²) < 4.78 is 0. The zero-order valence-electron chi connectivity index (χ0n) is 8.24. The Bertz CT molecular complexity index is 337. The SMILES string of the molecule is CNC(=S)C=N/C=C1/C=CC=C(C)N1. The summed E-state index contributed by atoms with van der Waals surface area (Å²) in [6.07, 6.45) is 9.26. The molecule has 0 atom stereocenters. The Morgan fingerprint density at radius 1 is 1.64 bits per heavy atom. The summed E-state index contributed by atoms with van der Waals surface area (Å²) in [4.78, 5) is 4.69. The van der Waals surface area contributed by atoms with Crippen LogP contribution in [0.3, 0.4) is 0 Å². The van der Waals surface area contributed by atoms with Crippen molar-refractivity contribution in [2.75, 3.05) is 7.05 Å².